The number of hydrogen-bond acceptors (Lipinski definition) is 1. The lowest BCUT2D eigenvalue weighted by molar-refractivity contribution is 0.310. The zero-order chi connectivity index (χ0) is 7.40. The van der Waals surface area contributed by atoms with Gasteiger partial charge in [0.05, 0.1) is 0 Å². The lowest BCUT2D eigenvalue weighted by Crippen LogP contribution is -2.32. The van der Waals surface area contributed by atoms with E-state index in [9.17, 15) is 0 Å². The highest BCUT2D eigenvalue weighted by Crippen LogP contribution is 2.25. The molecular formula is C9H17N. The Morgan fingerprint density at radius 2 is 2.10 bits per heavy atom. The Morgan fingerprint density at radius 1 is 1.40 bits per heavy atom. The van der Waals surface area contributed by atoms with Crippen LogP contribution in [-0.4, -0.2) is 6.04 Å². The van der Waals surface area contributed by atoms with Crippen LogP contribution in [0, 0.1) is 5.92 Å². The van der Waals surface area contributed by atoms with Crippen LogP contribution in [0.1, 0.15) is 32.1 Å². The van der Waals surface area contributed by atoms with Gasteiger partial charge in [0.25, 0.3) is 0 Å². The maximum absolute atomic E-state index is 5.92. The van der Waals surface area contributed by atoms with Crippen molar-refractivity contribution >= 4 is 0 Å². The molecule has 1 saturated carbocycles. The molecule has 10 heavy (non-hydrogen) atoms. The minimum Gasteiger partial charge on any atom is -0.327 e. The normalized spacial score (nSPS) is 33.7. The highest BCUT2D eigenvalue weighted by molar-refractivity contribution is 4.83. The summed E-state index contributed by atoms with van der Waals surface area (Å²) in [6, 6.07) is 0.451. The van der Waals surface area contributed by atoms with E-state index in [0.717, 1.165) is 12.3 Å². The van der Waals surface area contributed by atoms with Gasteiger partial charge in [0, 0.05) is 6.04 Å². The topological polar surface area (TPSA) is 26.0 Å². The van der Waals surface area contributed by atoms with Gasteiger partial charge >= 0.3 is 0 Å². The van der Waals surface area contributed by atoms with Crippen LogP contribution in [0.2, 0.25) is 0 Å². The van der Waals surface area contributed by atoms with Crippen LogP contribution in [-0.2, 0) is 0 Å². The Hall–Kier alpha value is -0.300. The summed E-state index contributed by atoms with van der Waals surface area (Å²) in [4.78, 5) is 0. The molecule has 0 amide bonds. The molecule has 1 fully saturated rings. The minimum absolute atomic E-state index is 0.451. The second-order valence-corrected chi connectivity index (χ2v) is 3.23. The van der Waals surface area contributed by atoms with Crippen LogP contribution in [0.5, 0.6) is 0 Å². The zero-order valence-electron chi connectivity index (χ0n) is 6.55. The Balaban J connectivity index is 2.32. The average molecular weight is 139 g/mol. The molecule has 0 aliphatic heterocycles. The van der Waals surface area contributed by atoms with E-state index in [1.165, 1.54) is 25.7 Å². The standard InChI is InChI=1S/C9H17N/c1-2-5-8-6-3-4-7-9(8)10/h2,8-9H,1,3-7,10H2/t8-,9-/m1/s1. The van der Waals surface area contributed by atoms with Gasteiger partial charge in [-0.1, -0.05) is 18.9 Å². The molecule has 1 nitrogen and oxygen atoms in total. The summed E-state index contributed by atoms with van der Waals surface area (Å²) in [5, 5.41) is 0. The molecule has 58 valence electrons. The summed E-state index contributed by atoms with van der Waals surface area (Å²) >= 11 is 0. The van der Waals surface area contributed by atoms with Gasteiger partial charge in [0.2, 0.25) is 0 Å². The summed E-state index contributed by atoms with van der Waals surface area (Å²) in [5.74, 6) is 0.728. The summed E-state index contributed by atoms with van der Waals surface area (Å²) in [5.41, 5.74) is 5.92. The van der Waals surface area contributed by atoms with Gasteiger partial charge in [-0.05, 0) is 25.2 Å². The van der Waals surface area contributed by atoms with Gasteiger partial charge in [-0.15, -0.1) is 6.58 Å². The lowest BCUT2D eigenvalue weighted by atomic mass is 9.83. The predicted octanol–water partition coefficient (Wildman–Crippen LogP) is 2.08. The molecule has 1 aliphatic rings. The van der Waals surface area contributed by atoms with Crippen LogP contribution >= 0.6 is 0 Å². The van der Waals surface area contributed by atoms with Crippen LogP contribution in [0.25, 0.3) is 0 Å². The molecule has 0 saturated heterocycles. The fourth-order valence-corrected chi connectivity index (χ4v) is 1.74. The smallest absolute Gasteiger partial charge is 0.00701 e. The maximum atomic E-state index is 5.92. The fourth-order valence-electron chi connectivity index (χ4n) is 1.74. The zero-order valence-corrected chi connectivity index (χ0v) is 6.55. The highest BCUT2D eigenvalue weighted by Gasteiger charge is 2.19. The molecule has 2 N–H and O–H groups in total. The van der Waals surface area contributed by atoms with E-state index < -0.39 is 0 Å². The molecule has 0 bridgehead atoms. The molecule has 1 aliphatic carbocycles. The lowest BCUT2D eigenvalue weighted by Gasteiger charge is -2.27. The van der Waals surface area contributed by atoms with Crippen molar-refractivity contribution in [3.63, 3.8) is 0 Å². The third-order valence-corrected chi connectivity index (χ3v) is 2.44. The van der Waals surface area contributed by atoms with E-state index in [4.69, 9.17) is 5.73 Å². The monoisotopic (exact) mass is 139 g/mol. The van der Waals surface area contributed by atoms with Crippen LogP contribution in [0.3, 0.4) is 0 Å². The molecule has 0 aromatic heterocycles. The summed E-state index contributed by atoms with van der Waals surface area (Å²) in [6.45, 7) is 3.73. The number of nitrogens with two attached hydrogens (primary N) is 1. The van der Waals surface area contributed by atoms with Crippen molar-refractivity contribution in [1.82, 2.24) is 0 Å². The minimum atomic E-state index is 0.451. The molecule has 2 atom stereocenters. The van der Waals surface area contributed by atoms with E-state index in [1.807, 2.05) is 6.08 Å². The Kier molecular flexibility index (Phi) is 2.94. The summed E-state index contributed by atoms with van der Waals surface area (Å²) in [6.07, 6.45) is 8.34. The van der Waals surface area contributed by atoms with Crippen molar-refractivity contribution in [3.8, 4) is 0 Å². The average Bonchev–Trinajstić information content (AvgIpc) is 1.94. The van der Waals surface area contributed by atoms with Crippen molar-refractivity contribution in [1.29, 1.82) is 0 Å². The van der Waals surface area contributed by atoms with Crippen LogP contribution < -0.4 is 5.73 Å². The number of allylic oxidation sites excluding steroid dienone is 1. The molecular weight excluding hydrogens is 122 g/mol. The van der Waals surface area contributed by atoms with Crippen LogP contribution in [0.4, 0.5) is 0 Å². The Bertz CT molecular complexity index is 109. The molecule has 1 heteroatoms. The first-order chi connectivity index (χ1) is 4.84. The molecule has 0 aromatic rings. The second kappa shape index (κ2) is 3.77. The molecule has 1 rings (SSSR count). The van der Waals surface area contributed by atoms with Gasteiger partial charge in [-0.3, -0.25) is 0 Å². The van der Waals surface area contributed by atoms with Gasteiger partial charge in [-0.25, -0.2) is 0 Å². The van der Waals surface area contributed by atoms with Crippen molar-refractivity contribution in [2.24, 2.45) is 11.7 Å². The first kappa shape index (κ1) is 7.80. The highest BCUT2D eigenvalue weighted by atomic mass is 14.7. The first-order valence-electron chi connectivity index (χ1n) is 4.21. The van der Waals surface area contributed by atoms with Crippen molar-refractivity contribution in [2.75, 3.05) is 0 Å². The predicted molar refractivity (Wildman–Crippen MR) is 44.7 cm³/mol. The van der Waals surface area contributed by atoms with Gasteiger partial charge < -0.3 is 5.73 Å². The van der Waals surface area contributed by atoms with E-state index in [-0.39, 0.29) is 0 Å². The SMILES string of the molecule is C=CC[C@@H]1CCCC[C@H]1N. The van der Waals surface area contributed by atoms with Crippen molar-refractivity contribution < 1.29 is 0 Å². The summed E-state index contributed by atoms with van der Waals surface area (Å²) in [7, 11) is 0. The number of rotatable bonds is 2. The Labute approximate surface area is 63.3 Å². The number of hydrogen-bond donors (Lipinski definition) is 1. The van der Waals surface area contributed by atoms with E-state index in [1.54, 1.807) is 0 Å². The third-order valence-electron chi connectivity index (χ3n) is 2.44. The van der Waals surface area contributed by atoms with Crippen molar-refractivity contribution in [3.05, 3.63) is 12.7 Å². The third kappa shape index (κ3) is 1.84. The van der Waals surface area contributed by atoms with Gasteiger partial charge in [0.15, 0.2) is 0 Å². The first-order valence-corrected chi connectivity index (χ1v) is 4.21. The van der Waals surface area contributed by atoms with Crippen molar-refractivity contribution in [2.45, 2.75) is 38.1 Å². The second-order valence-electron chi connectivity index (χ2n) is 3.23. The Morgan fingerprint density at radius 3 is 2.70 bits per heavy atom. The van der Waals surface area contributed by atoms with E-state index in [0.29, 0.717) is 6.04 Å². The largest absolute Gasteiger partial charge is 0.327 e. The molecule has 0 radical (unpaired) electrons. The van der Waals surface area contributed by atoms with Crippen LogP contribution in [0.15, 0.2) is 12.7 Å². The van der Waals surface area contributed by atoms with E-state index in [2.05, 4.69) is 6.58 Å². The molecule has 0 unspecified atom stereocenters. The molecule has 0 spiro atoms. The quantitative estimate of drug-likeness (QED) is 0.582. The summed E-state index contributed by atoms with van der Waals surface area (Å²) < 4.78 is 0. The van der Waals surface area contributed by atoms with Gasteiger partial charge in [0.1, 0.15) is 0 Å². The molecule has 0 aromatic carbocycles. The van der Waals surface area contributed by atoms with E-state index >= 15 is 0 Å². The molecule has 0 heterocycles. The maximum Gasteiger partial charge on any atom is 0.00701 e. The fraction of sp³-hybridized carbons (Fsp3) is 0.778. The van der Waals surface area contributed by atoms with Gasteiger partial charge in [-0.2, -0.15) is 0 Å².